The van der Waals surface area contributed by atoms with Gasteiger partial charge in [0.1, 0.15) is 11.9 Å². The molecule has 2 aromatic carbocycles. The maximum atomic E-state index is 13.1. The second-order valence-electron chi connectivity index (χ2n) is 6.95. The molecule has 0 aliphatic rings. The normalized spacial score (nSPS) is 12.9. The summed E-state index contributed by atoms with van der Waals surface area (Å²) in [5, 5.41) is 3.49. The lowest BCUT2D eigenvalue weighted by Crippen LogP contribution is -2.49. The summed E-state index contributed by atoms with van der Waals surface area (Å²) >= 11 is 6.06. The van der Waals surface area contributed by atoms with Gasteiger partial charge in [0, 0.05) is 17.6 Å². The Balaban J connectivity index is 2.22. The molecule has 150 valence electrons. The second-order valence-corrected chi connectivity index (χ2v) is 7.39. The number of hydrogen-bond donors (Lipinski definition) is 1. The van der Waals surface area contributed by atoms with Crippen LogP contribution in [0.1, 0.15) is 38.3 Å². The largest absolute Gasteiger partial charge is 0.352 e. The molecule has 0 saturated heterocycles. The number of rotatable bonds is 8. The number of nitrogens with one attached hydrogen (secondary N) is 1. The van der Waals surface area contributed by atoms with E-state index in [1.807, 2.05) is 26.0 Å². The van der Waals surface area contributed by atoms with Gasteiger partial charge in [-0.25, -0.2) is 4.39 Å². The highest BCUT2D eigenvalue weighted by Gasteiger charge is 2.26. The molecular formula is C22H26ClFN2O2. The SMILES string of the molecule is CC[C@@H](C)NC(=O)[C@@H](C)N(Cc1cccc(Cl)c1)C(=O)Cc1ccc(F)cc1. The zero-order chi connectivity index (χ0) is 20.7. The van der Waals surface area contributed by atoms with E-state index in [1.54, 1.807) is 31.2 Å². The Morgan fingerprint density at radius 2 is 1.79 bits per heavy atom. The van der Waals surface area contributed by atoms with Crippen molar-refractivity contribution in [2.75, 3.05) is 0 Å². The van der Waals surface area contributed by atoms with Crippen LogP contribution < -0.4 is 5.32 Å². The third-order valence-corrected chi connectivity index (χ3v) is 4.91. The van der Waals surface area contributed by atoms with Crippen LogP contribution in [0.4, 0.5) is 4.39 Å². The number of halogens is 2. The summed E-state index contributed by atoms with van der Waals surface area (Å²) in [5.41, 5.74) is 1.53. The van der Waals surface area contributed by atoms with Gasteiger partial charge >= 0.3 is 0 Å². The zero-order valence-corrected chi connectivity index (χ0v) is 17.2. The van der Waals surface area contributed by atoms with Crippen molar-refractivity contribution in [3.8, 4) is 0 Å². The van der Waals surface area contributed by atoms with Crippen molar-refractivity contribution in [2.24, 2.45) is 0 Å². The molecule has 0 heterocycles. The van der Waals surface area contributed by atoms with Crippen molar-refractivity contribution >= 4 is 23.4 Å². The van der Waals surface area contributed by atoms with Gasteiger partial charge in [-0.3, -0.25) is 9.59 Å². The van der Waals surface area contributed by atoms with Crippen molar-refractivity contribution < 1.29 is 14.0 Å². The number of benzene rings is 2. The highest BCUT2D eigenvalue weighted by Crippen LogP contribution is 2.16. The quantitative estimate of drug-likeness (QED) is 0.710. The molecule has 0 fully saturated rings. The lowest BCUT2D eigenvalue weighted by molar-refractivity contribution is -0.140. The first-order valence-electron chi connectivity index (χ1n) is 9.39. The molecule has 0 aliphatic carbocycles. The molecule has 0 unspecified atom stereocenters. The van der Waals surface area contributed by atoms with E-state index in [9.17, 15) is 14.0 Å². The van der Waals surface area contributed by atoms with Gasteiger partial charge in [-0.05, 0) is 55.7 Å². The minimum atomic E-state index is -0.652. The van der Waals surface area contributed by atoms with Crippen LogP contribution in [0.25, 0.3) is 0 Å². The minimum Gasteiger partial charge on any atom is -0.352 e. The van der Waals surface area contributed by atoms with E-state index in [2.05, 4.69) is 5.32 Å². The summed E-state index contributed by atoms with van der Waals surface area (Å²) in [6.45, 7) is 5.88. The summed E-state index contributed by atoms with van der Waals surface area (Å²) in [6, 6.07) is 12.4. The lowest BCUT2D eigenvalue weighted by atomic mass is 10.1. The first-order valence-corrected chi connectivity index (χ1v) is 9.76. The van der Waals surface area contributed by atoms with Crippen molar-refractivity contribution in [1.82, 2.24) is 10.2 Å². The fraction of sp³-hybridized carbons (Fsp3) is 0.364. The molecule has 2 rings (SSSR count). The van der Waals surface area contributed by atoms with E-state index in [0.29, 0.717) is 10.6 Å². The molecule has 1 N–H and O–H groups in total. The molecule has 0 aromatic heterocycles. The molecule has 4 nitrogen and oxygen atoms in total. The zero-order valence-electron chi connectivity index (χ0n) is 16.4. The van der Waals surface area contributed by atoms with Gasteiger partial charge in [0.15, 0.2) is 0 Å². The van der Waals surface area contributed by atoms with Crippen LogP contribution in [0.2, 0.25) is 5.02 Å². The molecule has 0 bridgehead atoms. The third kappa shape index (κ3) is 6.34. The Hall–Kier alpha value is -2.40. The number of carbonyl (C=O) groups is 2. The van der Waals surface area contributed by atoms with Crippen molar-refractivity contribution in [2.45, 2.75) is 52.2 Å². The molecule has 0 radical (unpaired) electrons. The fourth-order valence-corrected chi connectivity index (χ4v) is 2.97. The molecule has 0 aliphatic heterocycles. The van der Waals surface area contributed by atoms with Gasteiger partial charge in [0.25, 0.3) is 0 Å². The Morgan fingerprint density at radius 1 is 1.11 bits per heavy atom. The predicted octanol–water partition coefficient (Wildman–Crippen LogP) is 4.35. The van der Waals surface area contributed by atoms with Crippen LogP contribution in [0.15, 0.2) is 48.5 Å². The van der Waals surface area contributed by atoms with Gasteiger partial charge in [-0.2, -0.15) is 0 Å². The molecule has 0 spiro atoms. The Bertz CT molecular complexity index is 810. The van der Waals surface area contributed by atoms with Gasteiger partial charge in [0.2, 0.25) is 11.8 Å². The van der Waals surface area contributed by atoms with Crippen LogP contribution in [-0.2, 0) is 22.6 Å². The first-order chi connectivity index (χ1) is 13.3. The highest BCUT2D eigenvalue weighted by molar-refractivity contribution is 6.30. The lowest BCUT2D eigenvalue weighted by Gasteiger charge is -2.30. The Labute approximate surface area is 170 Å². The van der Waals surface area contributed by atoms with Crippen molar-refractivity contribution in [1.29, 1.82) is 0 Å². The average Bonchev–Trinajstić information content (AvgIpc) is 2.67. The van der Waals surface area contributed by atoms with Crippen LogP contribution >= 0.6 is 11.6 Å². The van der Waals surface area contributed by atoms with E-state index < -0.39 is 6.04 Å². The van der Waals surface area contributed by atoms with E-state index in [4.69, 9.17) is 11.6 Å². The molecule has 2 aromatic rings. The van der Waals surface area contributed by atoms with E-state index in [1.165, 1.54) is 17.0 Å². The summed E-state index contributed by atoms with van der Waals surface area (Å²) in [5.74, 6) is -0.768. The number of amides is 2. The van der Waals surface area contributed by atoms with Crippen LogP contribution in [0.3, 0.4) is 0 Å². The molecule has 6 heteroatoms. The number of hydrogen-bond acceptors (Lipinski definition) is 2. The van der Waals surface area contributed by atoms with E-state index in [0.717, 1.165) is 12.0 Å². The first kappa shape index (κ1) is 21.9. The third-order valence-electron chi connectivity index (χ3n) is 4.68. The maximum Gasteiger partial charge on any atom is 0.242 e. The standard InChI is InChI=1S/C22H26ClFN2O2/c1-4-15(2)25-22(28)16(3)26(14-18-6-5-7-19(23)12-18)21(27)13-17-8-10-20(24)11-9-17/h5-12,15-16H,4,13-14H2,1-3H3,(H,25,28)/t15-,16-/m1/s1. The molecule has 2 amide bonds. The van der Waals surface area contributed by atoms with Crippen LogP contribution in [-0.4, -0.2) is 28.8 Å². The van der Waals surface area contributed by atoms with Crippen molar-refractivity contribution in [3.05, 3.63) is 70.5 Å². The highest BCUT2D eigenvalue weighted by atomic mass is 35.5. The number of nitrogens with zero attached hydrogens (tertiary/aromatic N) is 1. The minimum absolute atomic E-state index is 0.0233. The van der Waals surface area contributed by atoms with Crippen molar-refractivity contribution in [3.63, 3.8) is 0 Å². The smallest absolute Gasteiger partial charge is 0.242 e. The van der Waals surface area contributed by atoms with E-state index >= 15 is 0 Å². The Kier molecular flexibility index (Phi) is 8.00. The summed E-state index contributed by atoms with van der Waals surface area (Å²) in [4.78, 5) is 27.2. The number of carbonyl (C=O) groups excluding carboxylic acids is 2. The summed E-state index contributed by atoms with van der Waals surface area (Å²) in [7, 11) is 0. The van der Waals surface area contributed by atoms with Gasteiger partial charge < -0.3 is 10.2 Å². The fourth-order valence-electron chi connectivity index (χ4n) is 2.76. The second kappa shape index (κ2) is 10.2. The van der Waals surface area contributed by atoms with Gasteiger partial charge in [-0.15, -0.1) is 0 Å². The Morgan fingerprint density at radius 3 is 2.39 bits per heavy atom. The van der Waals surface area contributed by atoms with Gasteiger partial charge in [-0.1, -0.05) is 42.8 Å². The van der Waals surface area contributed by atoms with Gasteiger partial charge in [0.05, 0.1) is 6.42 Å². The van der Waals surface area contributed by atoms with Crippen LogP contribution in [0, 0.1) is 5.82 Å². The summed E-state index contributed by atoms with van der Waals surface area (Å²) in [6.07, 6.45) is 0.887. The maximum absolute atomic E-state index is 13.1. The molecule has 0 saturated carbocycles. The average molecular weight is 405 g/mol. The van der Waals surface area contributed by atoms with E-state index in [-0.39, 0.29) is 36.6 Å². The molecular weight excluding hydrogens is 379 g/mol. The predicted molar refractivity (Wildman–Crippen MR) is 109 cm³/mol. The molecule has 28 heavy (non-hydrogen) atoms. The topological polar surface area (TPSA) is 49.4 Å². The molecule has 2 atom stereocenters. The summed E-state index contributed by atoms with van der Waals surface area (Å²) < 4.78 is 13.1. The van der Waals surface area contributed by atoms with Crippen LogP contribution in [0.5, 0.6) is 0 Å². The monoisotopic (exact) mass is 404 g/mol.